The van der Waals surface area contributed by atoms with E-state index >= 15 is 0 Å². The molecular formula is C12H13NO2S. The molecule has 0 radical (unpaired) electrons. The molecule has 2 aliphatic rings. The van der Waals surface area contributed by atoms with E-state index in [1.54, 1.807) is 4.90 Å². The van der Waals surface area contributed by atoms with Crippen LogP contribution in [0.2, 0.25) is 0 Å². The van der Waals surface area contributed by atoms with Gasteiger partial charge in [0.05, 0.1) is 24.4 Å². The molecule has 1 aromatic rings. The van der Waals surface area contributed by atoms with Crippen LogP contribution < -0.4 is 4.90 Å². The van der Waals surface area contributed by atoms with Crippen molar-refractivity contribution in [3.8, 4) is 0 Å². The zero-order valence-corrected chi connectivity index (χ0v) is 9.96. The van der Waals surface area contributed by atoms with Gasteiger partial charge < -0.3 is 9.64 Å². The Kier molecular flexibility index (Phi) is 2.06. The molecule has 4 heteroatoms. The lowest BCUT2D eigenvalue weighted by atomic mass is 9.94. The smallest absolute Gasteiger partial charge is 0.231 e. The highest BCUT2D eigenvalue weighted by Crippen LogP contribution is 2.39. The molecule has 0 aliphatic carbocycles. The number of amides is 1. The molecule has 84 valence electrons. The molecule has 0 aromatic heterocycles. The number of rotatable bonds is 1. The lowest BCUT2D eigenvalue weighted by molar-refractivity contribution is -0.117. The predicted octanol–water partition coefficient (Wildman–Crippen LogP) is 1.36. The molecule has 0 unspecified atom stereocenters. The maximum absolute atomic E-state index is 11.6. The minimum atomic E-state index is -0.154. The summed E-state index contributed by atoms with van der Waals surface area (Å²) in [6, 6.07) is 6.14. The van der Waals surface area contributed by atoms with E-state index in [-0.39, 0.29) is 10.7 Å². The Morgan fingerprint density at radius 1 is 1.44 bits per heavy atom. The van der Waals surface area contributed by atoms with Crippen LogP contribution in [-0.4, -0.2) is 26.2 Å². The molecule has 3 nitrogen and oxygen atoms in total. The van der Waals surface area contributed by atoms with E-state index in [1.807, 2.05) is 19.2 Å². The van der Waals surface area contributed by atoms with Gasteiger partial charge in [-0.3, -0.25) is 4.79 Å². The van der Waals surface area contributed by atoms with Crippen LogP contribution in [0.5, 0.6) is 0 Å². The van der Waals surface area contributed by atoms with E-state index in [1.165, 1.54) is 0 Å². The fraction of sp³-hybridized carbons (Fsp3) is 0.417. The van der Waals surface area contributed by atoms with Crippen LogP contribution in [0.4, 0.5) is 5.69 Å². The summed E-state index contributed by atoms with van der Waals surface area (Å²) in [5.74, 6) is 0.158. The van der Waals surface area contributed by atoms with Crippen molar-refractivity contribution in [2.45, 2.75) is 11.2 Å². The average Bonchev–Trinajstić information content (AvgIpc) is 2.51. The van der Waals surface area contributed by atoms with E-state index in [4.69, 9.17) is 4.74 Å². The highest BCUT2D eigenvalue weighted by Gasteiger charge is 2.37. The summed E-state index contributed by atoms with van der Waals surface area (Å²) in [4.78, 5) is 13.3. The summed E-state index contributed by atoms with van der Waals surface area (Å²) in [5.41, 5.74) is 3.28. The van der Waals surface area contributed by atoms with Crippen LogP contribution in [-0.2, 0) is 20.7 Å². The van der Waals surface area contributed by atoms with Gasteiger partial charge in [-0.1, -0.05) is 12.1 Å². The summed E-state index contributed by atoms with van der Waals surface area (Å²) in [5, 5.41) is 0. The minimum absolute atomic E-state index is 0.154. The second-order valence-electron chi connectivity index (χ2n) is 4.50. The monoisotopic (exact) mass is 235 g/mol. The number of likely N-dealkylation sites (N-methyl/N-ethyl adjacent to an activating group) is 1. The maximum Gasteiger partial charge on any atom is 0.231 e. The SMILES string of the molecule is CN1C(=O)Cc2cc(C3(S)COC3)ccc21. The van der Waals surface area contributed by atoms with Crippen LogP contribution in [0.3, 0.4) is 0 Å². The molecule has 0 saturated carbocycles. The molecule has 16 heavy (non-hydrogen) atoms. The lowest BCUT2D eigenvalue weighted by Crippen LogP contribution is -2.41. The van der Waals surface area contributed by atoms with Gasteiger partial charge in [0.25, 0.3) is 0 Å². The minimum Gasteiger partial charge on any atom is -0.378 e. The molecule has 2 heterocycles. The van der Waals surface area contributed by atoms with Crippen LogP contribution in [0.15, 0.2) is 18.2 Å². The highest BCUT2D eigenvalue weighted by atomic mass is 32.1. The van der Waals surface area contributed by atoms with Gasteiger partial charge >= 0.3 is 0 Å². The summed E-state index contributed by atoms with van der Waals surface area (Å²) >= 11 is 4.63. The summed E-state index contributed by atoms with van der Waals surface area (Å²) in [7, 11) is 1.82. The quantitative estimate of drug-likeness (QED) is 0.745. The summed E-state index contributed by atoms with van der Waals surface area (Å²) < 4.78 is 5.05. The average molecular weight is 235 g/mol. The van der Waals surface area contributed by atoms with Gasteiger partial charge in [-0.2, -0.15) is 12.6 Å². The van der Waals surface area contributed by atoms with Crippen molar-refractivity contribution in [2.24, 2.45) is 0 Å². The number of thiol groups is 1. The van der Waals surface area contributed by atoms with Crippen molar-refractivity contribution >= 4 is 24.2 Å². The molecule has 0 spiro atoms. The van der Waals surface area contributed by atoms with Crippen LogP contribution in [0.1, 0.15) is 11.1 Å². The molecular weight excluding hydrogens is 222 g/mol. The molecule has 0 N–H and O–H groups in total. The van der Waals surface area contributed by atoms with Gasteiger partial charge in [0.2, 0.25) is 5.91 Å². The van der Waals surface area contributed by atoms with Crippen molar-refractivity contribution in [2.75, 3.05) is 25.2 Å². The van der Waals surface area contributed by atoms with Crippen LogP contribution in [0, 0.1) is 0 Å². The Morgan fingerprint density at radius 2 is 2.19 bits per heavy atom. The van der Waals surface area contributed by atoms with Gasteiger partial charge in [-0.25, -0.2) is 0 Å². The summed E-state index contributed by atoms with van der Waals surface area (Å²) in [6.07, 6.45) is 0.504. The van der Waals surface area contributed by atoms with Crippen molar-refractivity contribution < 1.29 is 9.53 Å². The first-order valence-electron chi connectivity index (χ1n) is 5.30. The first-order valence-corrected chi connectivity index (χ1v) is 5.75. The van der Waals surface area contributed by atoms with Crippen molar-refractivity contribution in [3.63, 3.8) is 0 Å². The van der Waals surface area contributed by atoms with Gasteiger partial charge in [0.15, 0.2) is 0 Å². The second kappa shape index (κ2) is 3.25. The van der Waals surface area contributed by atoms with Crippen molar-refractivity contribution in [1.82, 2.24) is 0 Å². The Balaban J connectivity index is 2.01. The van der Waals surface area contributed by atoms with E-state index in [9.17, 15) is 4.79 Å². The van der Waals surface area contributed by atoms with Crippen molar-refractivity contribution in [3.05, 3.63) is 29.3 Å². The number of hydrogen-bond acceptors (Lipinski definition) is 3. The number of fused-ring (bicyclic) bond motifs is 1. The van der Waals surface area contributed by atoms with E-state index in [0.717, 1.165) is 16.8 Å². The van der Waals surface area contributed by atoms with Crippen LogP contribution in [0.25, 0.3) is 0 Å². The molecule has 0 atom stereocenters. The third-order valence-electron chi connectivity index (χ3n) is 3.38. The standard InChI is InChI=1S/C12H13NO2S/c1-13-10-3-2-9(12(16)6-15-7-12)4-8(10)5-11(13)14/h2-4,16H,5-7H2,1H3. The largest absolute Gasteiger partial charge is 0.378 e. The topological polar surface area (TPSA) is 29.5 Å². The third kappa shape index (κ3) is 1.30. The molecule has 2 aliphatic heterocycles. The lowest BCUT2D eigenvalue weighted by Gasteiger charge is -2.37. The Bertz CT molecular complexity index is 468. The van der Waals surface area contributed by atoms with Crippen LogP contribution >= 0.6 is 12.6 Å². The normalized spacial score (nSPS) is 21.9. The Labute approximate surface area is 99.8 Å². The van der Waals surface area contributed by atoms with Crippen molar-refractivity contribution in [1.29, 1.82) is 0 Å². The highest BCUT2D eigenvalue weighted by molar-refractivity contribution is 7.81. The van der Waals surface area contributed by atoms with Gasteiger partial charge in [-0.05, 0) is 17.2 Å². The first kappa shape index (κ1) is 10.2. The second-order valence-corrected chi connectivity index (χ2v) is 5.35. The third-order valence-corrected chi connectivity index (χ3v) is 3.89. The number of benzene rings is 1. The number of ether oxygens (including phenoxy) is 1. The molecule has 1 saturated heterocycles. The fourth-order valence-corrected chi connectivity index (χ4v) is 2.54. The summed E-state index contributed by atoms with van der Waals surface area (Å²) in [6.45, 7) is 1.30. The van der Waals surface area contributed by atoms with E-state index in [2.05, 4.69) is 18.7 Å². The number of anilines is 1. The molecule has 1 aromatic carbocycles. The Hall–Kier alpha value is -1.00. The van der Waals surface area contributed by atoms with Gasteiger partial charge in [0.1, 0.15) is 0 Å². The number of carbonyl (C=O) groups is 1. The zero-order valence-electron chi connectivity index (χ0n) is 9.06. The molecule has 3 rings (SSSR count). The molecule has 1 fully saturated rings. The number of nitrogens with zero attached hydrogens (tertiary/aromatic N) is 1. The first-order chi connectivity index (χ1) is 7.60. The number of carbonyl (C=O) groups excluding carboxylic acids is 1. The van der Waals surface area contributed by atoms with Gasteiger partial charge in [-0.15, -0.1) is 0 Å². The van der Waals surface area contributed by atoms with E-state index in [0.29, 0.717) is 19.6 Å². The Morgan fingerprint density at radius 3 is 2.81 bits per heavy atom. The zero-order chi connectivity index (χ0) is 11.3. The number of hydrogen-bond donors (Lipinski definition) is 1. The predicted molar refractivity (Wildman–Crippen MR) is 65.0 cm³/mol. The maximum atomic E-state index is 11.6. The van der Waals surface area contributed by atoms with E-state index < -0.39 is 0 Å². The molecule has 0 bridgehead atoms. The van der Waals surface area contributed by atoms with Gasteiger partial charge in [0, 0.05) is 12.7 Å². The molecule has 1 amide bonds. The fourth-order valence-electron chi connectivity index (χ4n) is 2.22.